The van der Waals surface area contributed by atoms with Crippen molar-refractivity contribution >= 4 is 27.5 Å². The number of carbonyl (C=O) groups is 1. The van der Waals surface area contributed by atoms with E-state index < -0.39 is 0 Å². The first-order valence-corrected chi connectivity index (χ1v) is 6.96. The van der Waals surface area contributed by atoms with Crippen molar-refractivity contribution < 1.29 is 4.79 Å². The Bertz CT molecular complexity index is 662. The van der Waals surface area contributed by atoms with Crippen LogP contribution in [0.1, 0.15) is 24.0 Å². The Labute approximate surface area is 126 Å². The number of anilines is 1. The van der Waals surface area contributed by atoms with Gasteiger partial charge in [-0.05, 0) is 30.7 Å². The van der Waals surface area contributed by atoms with E-state index in [2.05, 4.69) is 27.3 Å². The molecule has 0 spiro atoms. The molecule has 1 atom stereocenters. The van der Waals surface area contributed by atoms with Gasteiger partial charge in [-0.15, -0.1) is 0 Å². The quantitative estimate of drug-likeness (QED) is 0.923. The normalized spacial score (nSPS) is 11.4. The fourth-order valence-corrected chi connectivity index (χ4v) is 2.21. The third-order valence-electron chi connectivity index (χ3n) is 3.05. The summed E-state index contributed by atoms with van der Waals surface area (Å²) in [4.78, 5) is 12.3. The highest BCUT2D eigenvalue weighted by Gasteiger charge is 2.16. The van der Waals surface area contributed by atoms with E-state index in [0.29, 0.717) is 11.3 Å². The minimum Gasteiger partial charge on any atom is -0.324 e. The Kier molecular flexibility index (Phi) is 4.54. The molecule has 2 rings (SSSR count). The first-order chi connectivity index (χ1) is 9.61. The van der Waals surface area contributed by atoms with Crippen molar-refractivity contribution in [3.05, 3.63) is 64.1 Å². The number of carbonyl (C=O) groups excluding carboxylic acids is 1. The Morgan fingerprint density at radius 1 is 1.25 bits per heavy atom. The van der Waals surface area contributed by atoms with Gasteiger partial charge >= 0.3 is 0 Å². The van der Waals surface area contributed by atoms with Gasteiger partial charge in [0.1, 0.15) is 6.07 Å². The van der Waals surface area contributed by atoms with Crippen LogP contribution in [0.25, 0.3) is 0 Å². The zero-order valence-electron chi connectivity index (χ0n) is 10.9. The molecule has 0 aromatic heterocycles. The van der Waals surface area contributed by atoms with Crippen LogP contribution in [0.5, 0.6) is 0 Å². The van der Waals surface area contributed by atoms with Crippen LogP contribution in [-0.4, -0.2) is 5.91 Å². The smallest absolute Gasteiger partial charge is 0.231 e. The number of halogens is 1. The second-order valence-corrected chi connectivity index (χ2v) is 5.34. The molecule has 0 bridgehead atoms. The molecule has 4 heteroatoms. The molecule has 1 N–H and O–H groups in total. The molecule has 0 heterocycles. The molecule has 0 radical (unpaired) electrons. The molecule has 0 aliphatic rings. The van der Waals surface area contributed by atoms with Gasteiger partial charge in [-0.25, -0.2) is 0 Å². The molecular formula is C16H13BrN2O. The van der Waals surface area contributed by atoms with Gasteiger partial charge in [0.15, 0.2) is 0 Å². The van der Waals surface area contributed by atoms with Crippen molar-refractivity contribution in [2.75, 3.05) is 5.32 Å². The third kappa shape index (κ3) is 3.25. The number of nitrogens with one attached hydrogen (secondary N) is 1. The van der Waals surface area contributed by atoms with Crippen LogP contribution in [0.15, 0.2) is 53.0 Å². The van der Waals surface area contributed by atoms with Crippen LogP contribution in [0.2, 0.25) is 0 Å². The molecule has 3 nitrogen and oxygen atoms in total. The van der Waals surface area contributed by atoms with Gasteiger partial charge in [0.2, 0.25) is 5.91 Å². The number of nitriles is 1. The number of rotatable bonds is 3. The summed E-state index contributed by atoms with van der Waals surface area (Å²) in [5.41, 5.74) is 1.91. The monoisotopic (exact) mass is 328 g/mol. The molecule has 20 heavy (non-hydrogen) atoms. The van der Waals surface area contributed by atoms with E-state index in [1.807, 2.05) is 37.3 Å². The molecule has 2 aromatic carbocycles. The summed E-state index contributed by atoms with van der Waals surface area (Å²) in [5, 5.41) is 11.9. The highest BCUT2D eigenvalue weighted by atomic mass is 79.9. The van der Waals surface area contributed by atoms with Gasteiger partial charge in [0.25, 0.3) is 0 Å². The van der Waals surface area contributed by atoms with Crippen molar-refractivity contribution in [2.45, 2.75) is 12.8 Å². The number of nitrogens with zero attached hydrogens (tertiary/aromatic N) is 1. The Morgan fingerprint density at radius 2 is 1.95 bits per heavy atom. The van der Waals surface area contributed by atoms with Crippen LogP contribution in [-0.2, 0) is 4.79 Å². The van der Waals surface area contributed by atoms with Crippen LogP contribution < -0.4 is 5.32 Å². The van der Waals surface area contributed by atoms with E-state index in [9.17, 15) is 4.79 Å². The second-order valence-electron chi connectivity index (χ2n) is 4.42. The molecule has 0 saturated heterocycles. The van der Waals surface area contributed by atoms with E-state index in [0.717, 1.165) is 10.0 Å². The largest absolute Gasteiger partial charge is 0.324 e. The Hall–Kier alpha value is -2.12. The number of amides is 1. The number of benzene rings is 2. The molecule has 0 saturated carbocycles. The van der Waals surface area contributed by atoms with Gasteiger partial charge in [-0.2, -0.15) is 5.26 Å². The van der Waals surface area contributed by atoms with Crippen LogP contribution >= 0.6 is 15.9 Å². The Morgan fingerprint density at radius 3 is 2.60 bits per heavy atom. The van der Waals surface area contributed by atoms with Gasteiger partial charge < -0.3 is 5.32 Å². The standard InChI is InChI=1S/C16H13BrN2O/c1-11(12-5-3-2-4-6-12)16(20)19-15-9-14(17)8-7-13(15)10-18/h2-9,11H,1H3,(H,19,20). The molecule has 0 aliphatic heterocycles. The SMILES string of the molecule is CC(C(=O)Nc1cc(Br)ccc1C#N)c1ccccc1. The average Bonchev–Trinajstić information content (AvgIpc) is 2.47. The Balaban J connectivity index is 2.20. The fraction of sp³-hybridized carbons (Fsp3) is 0.125. The van der Waals surface area contributed by atoms with Crippen molar-refractivity contribution in [2.24, 2.45) is 0 Å². The lowest BCUT2D eigenvalue weighted by Crippen LogP contribution is -2.19. The summed E-state index contributed by atoms with van der Waals surface area (Å²) in [5.74, 6) is -0.410. The molecule has 0 fully saturated rings. The fourth-order valence-electron chi connectivity index (χ4n) is 1.85. The minimum atomic E-state index is -0.276. The zero-order chi connectivity index (χ0) is 14.5. The first-order valence-electron chi connectivity index (χ1n) is 6.17. The van der Waals surface area contributed by atoms with Crippen LogP contribution in [0.4, 0.5) is 5.69 Å². The molecule has 2 aromatic rings. The maximum absolute atomic E-state index is 12.3. The lowest BCUT2D eigenvalue weighted by Gasteiger charge is -2.13. The van der Waals surface area contributed by atoms with E-state index in [4.69, 9.17) is 5.26 Å². The van der Waals surface area contributed by atoms with Gasteiger partial charge in [0, 0.05) is 4.47 Å². The summed E-state index contributed by atoms with van der Waals surface area (Å²) < 4.78 is 0.819. The van der Waals surface area contributed by atoms with Crippen molar-refractivity contribution in [3.63, 3.8) is 0 Å². The maximum Gasteiger partial charge on any atom is 0.231 e. The molecular weight excluding hydrogens is 316 g/mol. The van der Waals surface area contributed by atoms with Crippen molar-refractivity contribution in [1.29, 1.82) is 5.26 Å². The lowest BCUT2D eigenvalue weighted by atomic mass is 10.0. The van der Waals surface area contributed by atoms with Crippen molar-refractivity contribution in [3.8, 4) is 6.07 Å². The van der Waals surface area contributed by atoms with Gasteiger partial charge in [-0.3, -0.25) is 4.79 Å². The summed E-state index contributed by atoms with van der Waals surface area (Å²) >= 11 is 3.34. The maximum atomic E-state index is 12.3. The highest BCUT2D eigenvalue weighted by Crippen LogP contribution is 2.23. The van der Waals surface area contributed by atoms with E-state index >= 15 is 0 Å². The van der Waals surface area contributed by atoms with Crippen LogP contribution in [0, 0.1) is 11.3 Å². The predicted molar refractivity (Wildman–Crippen MR) is 82.3 cm³/mol. The molecule has 0 aliphatic carbocycles. The lowest BCUT2D eigenvalue weighted by molar-refractivity contribution is -0.117. The number of hydrogen-bond acceptors (Lipinski definition) is 2. The van der Waals surface area contributed by atoms with Crippen molar-refractivity contribution in [1.82, 2.24) is 0 Å². The zero-order valence-corrected chi connectivity index (χ0v) is 12.5. The number of hydrogen-bond donors (Lipinski definition) is 1. The third-order valence-corrected chi connectivity index (χ3v) is 3.55. The van der Waals surface area contributed by atoms with E-state index in [1.165, 1.54) is 0 Å². The summed E-state index contributed by atoms with van der Waals surface area (Å²) in [6.45, 7) is 1.84. The van der Waals surface area contributed by atoms with Crippen LogP contribution in [0.3, 0.4) is 0 Å². The summed E-state index contributed by atoms with van der Waals surface area (Å²) in [7, 11) is 0. The summed E-state index contributed by atoms with van der Waals surface area (Å²) in [6, 6.07) is 16.8. The second kappa shape index (κ2) is 6.36. The predicted octanol–water partition coefficient (Wildman–Crippen LogP) is 4.06. The van der Waals surface area contributed by atoms with E-state index in [-0.39, 0.29) is 11.8 Å². The topological polar surface area (TPSA) is 52.9 Å². The average molecular weight is 329 g/mol. The van der Waals surface area contributed by atoms with Gasteiger partial charge in [0.05, 0.1) is 17.2 Å². The first kappa shape index (κ1) is 14.3. The van der Waals surface area contributed by atoms with Gasteiger partial charge in [-0.1, -0.05) is 46.3 Å². The summed E-state index contributed by atoms with van der Waals surface area (Å²) in [6.07, 6.45) is 0. The molecule has 1 unspecified atom stereocenters. The molecule has 1 amide bonds. The minimum absolute atomic E-state index is 0.134. The molecule has 100 valence electrons. The highest BCUT2D eigenvalue weighted by molar-refractivity contribution is 9.10. The van der Waals surface area contributed by atoms with E-state index in [1.54, 1.807) is 18.2 Å².